The largest absolute Gasteiger partial charge is 0.416 e. The first-order chi connectivity index (χ1) is 20.2. The molecule has 1 fully saturated rings. The number of nitrogens with two attached hydrogens (primary N) is 1. The Kier molecular flexibility index (Phi) is 7.63. The molecule has 2 aromatic heterocycles. The molecule has 4 aromatic rings. The number of nitrogens with zero attached hydrogens (tertiary/aromatic N) is 6. The van der Waals surface area contributed by atoms with Crippen LogP contribution in [0, 0.1) is 13.5 Å². The van der Waals surface area contributed by atoms with E-state index in [1.54, 1.807) is 0 Å². The molecule has 0 spiro atoms. The molecular formula is C28H26F3N7O4S. The van der Waals surface area contributed by atoms with Gasteiger partial charge in [-0.2, -0.15) is 18.3 Å². The summed E-state index contributed by atoms with van der Waals surface area (Å²) in [6.07, 6.45) is -2.95. The van der Waals surface area contributed by atoms with Crippen LogP contribution >= 0.6 is 0 Å². The first kappa shape index (κ1) is 30.0. The zero-order valence-corrected chi connectivity index (χ0v) is 23.9. The van der Waals surface area contributed by atoms with Crippen molar-refractivity contribution in [2.75, 3.05) is 20.1 Å². The van der Waals surface area contributed by atoms with Crippen molar-refractivity contribution in [3.8, 4) is 22.6 Å². The number of alkyl halides is 3. The number of rotatable bonds is 5. The molecule has 0 saturated carbocycles. The molecule has 5 rings (SSSR count). The van der Waals surface area contributed by atoms with Gasteiger partial charge in [0.25, 0.3) is 5.56 Å². The number of halogens is 3. The first-order valence-corrected chi connectivity index (χ1v) is 14.6. The maximum atomic E-state index is 14.3. The molecule has 2 N–H and O–H groups in total. The molecule has 0 atom stereocenters. The Morgan fingerprint density at radius 1 is 1.05 bits per heavy atom. The lowest BCUT2D eigenvalue weighted by molar-refractivity contribution is -0.137. The second-order valence-electron chi connectivity index (χ2n) is 10.3. The number of likely N-dealkylation sites (tertiary alicyclic amines) is 1. The van der Waals surface area contributed by atoms with Crippen molar-refractivity contribution in [2.45, 2.75) is 36.9 Å². The van der Waals surface area contributed by atoms with Gasteiger partial charge in [-0.25, -0.2) is 27.9 Å². The number of aromatic nitrogens is 4. The molecule has 3 heterocycles. The van der Waals surface area contributed by atoms with E-state index < -0.39 is 43.9 Å². The fourth-order valence-corrected chi connectivity index (χ4v) is 5.99. The van der Waals surface area contributed by atoms with Crippen LogP contribution in [-0.2, 0) is 16.2 Å². The highest BCUT2D eigenvalue weighted by Gasteiger charge is 2.33. The molecule has 0 bridgehead atoms. The smallest absolute Gasteiger partial charge is 0.306 e. The Morgan fingerprint density at radius 2 is 1.70 bits per heavy atom. The van der Waals surface area contributed by atoms with Crippen molar-refractivity contribution in [1.29, 1.82) is 0 Å². The predicted octanol–water partition coefficient (Wildman–Crippen LogP) is 3.64. The van der Waals surface area contributed by atoms with Crippen LogP contribution in [0.25, 0.3) is 27.5 Å². The molecule has 0 radical (unpaired) electrons. The van der Waals surface area contributed by atoms with Crippen molar-refractivity contribution in [3.63, 3.8) is 0 Å². The average molecular weight is 614 g/mol. The van der Waals surface area contributed by atoms with Crippen LogP contribution < -0.4 is 16.4 Å². The van der Waals surface area contributed by atoms with Gasteiger partial charge in [-0.15, -0.1) is 0 Å². The van der Waals surface area contributed by atoms with E-state index >= 15 is 0 Å². The Labute approximate surface area is 244 Å². The highest BCUT2D eigenvalue weighted by molar-refractivity contribution is 7.89. The number of piperidine rings is 1. The van der Waals surface area contributed by atoms with Crippen molar-refractivity contribution >= 4 is 15.7 Å². The molecule has 11 nitrogen and oxygen atoms in total. The predicted molar refractivity (Wildman–Crippen MR) is 152 cm³/mol. The second-order valence-corrected chi connectivity index (χ2v) is 11.8. The number of primary sulfonamides is 1. The minimum Gasteiger partial charge on any atom is -0.306 e. The summed E-state index contributed by atoms with van der Waals surface area (Å²) in [5.74, 6) is 0. The van der Waals surface area contributed by atoms with Gasteiger partial charge < -0.3 is 4.90 Å². The lowest BCUT2D eigenvalue weighted by atomic mass is 10.0. The minimum absolute atomic E-state index is 0.108. The molecule has 1 saturated heterocycles. The molecule has 224 valence electrons. The van der Waals surface area contributed by atoms with Crippen LogP contribution in [0.1, 0.15) is 30.1 Å². The first-order valence-electron chi connectivity index (χ1n) is 13.1. The Hall–Kier alpha value is -4.52. The summed E-state index contributed by atoms with van der Waals surface area (Å²) in [5.41, 5.74) is -2.93. The summed E-state index contributed by atoms with van der Waals surface area (Å²) in [5, 5.41) is 9.73. The number of benzene rings is 2. The number of sulfonamides is 1. The summed E-state index contributed by atoms with van der Waals surface area (Å²) in [6, 6.07) is 9.41. The highest BCUT2D eigenvalue weighted by atomic mass is 32.2. The van der Waals surface area contributed by atoms with Gasteiger partial charge in [-0.1, -0.05) is 18.2 Å². The zero-order chi connectivity index (χ0) is 31.3. The molecule has 0 amide bonds. The lowest BCUT2D eigenvalue weighted by Crippen LogP contribution is -2.46. The van der Waals surface area contributed by atoms with Gasteiger partial charge in [0.2, 0.25) is 10.0 Å². The molecule has 2 aromatic carbocycles. The topological polar surface area (TPSA) is 130 Å². The van der Waals surface area contributed by atoms with E-state index in [4.69, 9.17) is 11.7 Å². The quantitative estimate of drug-likeness (QED) is 0.342. The summed E-state index contributed by atoms with van der Waals surface area (Å²) < 4.78 is 69.7. The summed E-state index contributed by atoms with van der Waals surface area (Å²) in [7, 11) is -2.61. The van der Waals surface area contributed by atoms with E-state index in [9.17, 15) is 31.2 Å². The molecule has 1 aliphatic rings. The van der Waals surface area contributed by atoms with Gasteiger partial charge in [0, 0.05) is 11.7 Å². The van der Waals surface area contributed by atoms with Gasteiger partial charge in [0.05, 0.1) is 35.3 Å². The second kappa shape index (κ2) is 11.0. The monoisotopic (exact) mass is 613 g/mol. The summed E-state index contributed by atoms with van der Waals surface area (Å²) >= 11 is 0. The molecule has 1 aliphatic heterocycles. The standard InChI is InChI=1S/C28H26F3N7O4S/c1-17-24(25-23(43(32,41)42)16-34-38(25)21-9-7-19(33-2)8-10-21)26(39)37(20-11-13-35(3)14-12-20)27(40)36(17)22-6-4-5-18(15-22)28(29,30)31/h4-10,15-16,20H,11-14H2,1,3H3,(H2,32,41,42). The molecule has 0 aliphatic carbocycles. The van der Waals surface area contributed by atoms with Crippen molar-refractivity contribution in [2.24, 2.45) is 5.14 Å². The molecule has 0 unspecified atom stereocenters. The molecule has 15 heteroatoms. The van der Waals surface area contributed by atoms with Crippen molar-refractivity contribution < 1.29 is 21.6 Å². The summed E-state index contributed by atoms with van der Waals surface area (Å²) in [4.78, 5) is 33.2. The van der Waals surface area contributed by atoms with Crippen LogP contribution in [0.3, 0.4) is 0 Å². The zero-order valence-electron chi connectivity index (χ0n) is 23.0. The van der Waals surface area contributed by atoms with Crippen LogP contribution in [-0.4, -0.2) is 52.4 Å². The maximum absolute atomic E-state index is 14.3. The van der Waals surface area contributed by atoms with E-state index in [-0.39, 0.29) is 28.3 Å². The van der Waals surface area contributed by atoms with E-state index in [1.165, 1.54) is 37.3 Å². The Balaban J connectivity index is 1.90. The summed E-state index contributed by atoms with van der Waals surface area (Å²) in [6.45, 7) is 9.66. The van der Waals surface area contributed by atoms with Gasteiger partial charge in [-0.05, 0) is 70.2 Å². The third kappa shape index (κ3) is 5.52. The highest BCUT2D eigenvalue weighted by Crippen LogP contribution is 2.33. The van der Waals surface area contributed by atoms with Gasteiger partial charge in [0.1, 0.15) is 10.6 Å². The van der Waals surface area contributed by atoms with Gasteiger partial charge >= 0.3 is 11.9 Å². The number of hydrogen-bond donors (Lipinski definition) is 1. The number of hydrogen-bond acceptors (Lipinski definition) is 6. The van der Waals surface area contributed by atoms with E-state index in [1.807, 2.05) is 11.9 Å². The van der Waals surface area contributed by atoms with Crippen molar-refractivity contribution in [3.05, 3.63) is 98.2 Å². The van der Waals surface area contributed by atoms with Crippen LogP contribution in [0.4, 0.5) is 18.9 Å². The maximum Gasteiger partial charge on any atom is 0.416 e. The van der Waals surface area contributed by atoms with Crippen molar-refractivity contribution in [1.82, 2.24) is 23.8 Å². The van der Waals surface area contributed by atoms with Gasteiger partial charge in [-0.3, -0.25) is 13.9 Å². The third-order valence-electron chi connectivity index (χ3n) is 7.51. The Morgan fingerprint density at radius 3 is 2.28 bits per heavy atom. The van der Waals surface area contributed by atoms with E-state index in [0.717, 1.165) is 38.2 Å². The van der Waals surface area contributed by atoms with Crippen LogP contribution in [0.15, 0.2) is 69.2 Å². The Bertz CT molecular complexity index is 1980. The van der Waals surface area contributed by atoms with E-state index in [0.29, 0.717) is 31.6 Å². The van der Waals surface area contributed by atoms with E-state index in [2.05, 4.69) is 9.94 Å². The fourth-order valence-electron chi connectivity index (χ4n) is 5.33. The normalized spacial score (nSPS) is 15.0. The minimum atomic E-state index is -4.71. The van der Waals surface area contributed by atoms with Crippen LogP contribution in [0.5, 0.6) is 0 Å². The molecular weight excluding hydrogens is 587 g/mol. The fraction of sp³-hybridized carbons (Fsp3) is 0.286. The van der Waals surface area contributed by atoms with Crippen LogP contribution in [0.2, 0.25) is 0 Å². The SMILES string of the molecule is [C-]#[N+]c1ccc(-n2ncc(S(N)(=O)=O)c2-c2c(C)n(-c3cccc(C(F)(F)F)c3)c(=O)n(C3CCN(C)CC3)c2=O)cc1. The molecule has 43 heavy (non-hydrogen) atoms. The third-order valence-corrected chi connectivity index (χ3v) is 8.43. The average Bonchev–Trinajstić information content (AvgIpc) is 3.39. The van der Waals surface area contributed by atoms with Gasteiger partial charge in [0.15, 0.2) is 5.69 Å². The lowest BCUT2D eigenvalue weighted by Gasteiger charge is -2.31.